The Bertz CT molecular complexity index is 338. The number of esters is 1. The number of carbonyl (C=O) groups is 2. The van der Waals surface area contributed by atoms with Gasteiger partial charge in [0.1, 0.15) is 6.42 Å². The molecule has 0 fully saturated rings. The fourth-order valence-corrected chi connectivity index (χ4v) is 0.923. The summed E-state index contributed by atoms with van der Waals surface area (Å²) >= 11 is 0. The maximum Gasteiger partial charge on any atom is 0.315 e. The number of rotatable bonds is 4. The first-order valence-electron chi connectivity index (χ1n) is 4.53. The van der Waals surface area contributed by atoms with E-state index in [1.807, 2.05) is 0 Å². The van der Waals surface area contributed by atoms with Crippen LogP contribution in [-0.2, 0) is 14.3 Å². The number of hydrogen-bond acceptors (Lipinski definition) is 4. The number of aromatic nitrogens is 1. The zero-order valence-corrected chi connectivity index (χ0v) is 8.34. The van der Waals surface area contributed by atoms with Gasteiger partial charge in [-0.2, -0.15) is 5.32 Å². The molecule has 0 aliphatic rings. The molecule has 0 aliphatic heterocycles. The van der Waals surface area contributed by atoms with Gasteiger partial charge in [-0.15, -0.1) is 0 Å². The molecule has 1 heterocycles. The van der Waals surface area contributed by atoms with Crippen molar-refractivity contribution in [1.29, 1.82) is 0 Å². The summed E-state index contributed by atoms with van der Waals surface area (Å²) < 4.78 is 4.61. The summed E-state index contributed by atoms with van der Waals surface area (Å²) in [6, 6.07) is 5.02. The van der Waals surface area contributed by atoms with Crippen molar-refractivity contribution in [3.63, 3.8) is 0 Å². The molecule has 0 N–H and O–H groups in total. The molecule has 5 nitrogen and oxygen atoms in total. The van der Waals surface area contributed by atoms with Crippen LogP contribution < -0.4 is 5.32 Å². The lowest BCUT2D eigenvalue weighted by molar-refractivity contribution is -0.145. The number of ether oxygens (including phenoxy) is 1. The zero-order chi connectivity index (χ0) is 11.1. The molecule has 0 bridgehead atoms. The molecule has 1 aromatic rings. The predicted octanol–water partition coefficient (Wildman–Crippen LogP) is 0.797. The summed E-state index contributed by atoms with van der Waals surface area (Å²) in [5.74, 6) is -0.818. The molecule has 0 atom stereocenters. The Morgan fingerprint density at radius 3 is 2.87 bits per heavy atom. The third kappa shape index (κ3) is 4.21. The minimum atomic E-state index is -0.567. The van der Waals surface area contributed by atoms with Crippen molar-refractivity contribution >= 4 is 17.7 Å². The van der Waals surface area contributed by atoms with Gasteiger partial charge < -0.3 is 4.74 Å². The number of hydrogen-bond donors (Lipinski definition) is 0. The topological polar surface area (TPSA) is 70.4 Å². The molecular weight excluding hydrogens is 196 g/mol. The number of pyridine rings is 1. The van der Waals surface area contributed by atoms with Crippen molar-refractivity contribution < 1.29 is 14.3 Å². The molecule has 5 heteroatoms. The minimum Gasteiger partial charge on any atom is -0.466 e. The van der Waals surface area contributed by atoms with Crippen LogP contribution >= 0.6 is 0 Å². The van der Waals surface area contributed by atoms with E-state index >= 15 is 0 Å². The molecule has 1 radical (unpaired) electrons. The molecule has 1 rings (SSSR count). The van der Waals surface area contributed by atoms with Crippen LogP contribution in [0.25, 0.3) is 0 Å². The summed E-state index contributed by atoms with van der Waals surface area (Å²) in [6.07, 6.45) is 1.18. The summed E-state index contributed by atoms with van der Waals surface area (Å²) in [6.45, 7) is 1.94. The SMILES string of the molecule is CCOC(=O)CC(=O)[N]c1ccccn1. The molecule has 0 unspecified atom stereocenters. The third-order valence-electron chi connectivity index (χ3n) is 1.49. The largest absolute Gasteiger partial charge is 0.466 e. The molecule has 0 aromatic carbocycles. The summed E-state index contributed by atoms with van der Waals surface area (Å²) in [7, 11) is 0. The van der Waals surface area contributed by atoms with E-state index < -0.39 is 11.9 Å². The standard InChI is InChI=1S/C10H11N2O3/c1-2-15-10(14)7-9(13)12-8-5-3-4-6-11-8/h3-6H,2,7H2,1H3. The Morgan fingerprint density at radius 1 is 1.47 bits per heavy atom. The van der Waals surface area contributed by atoms with Crippen molar-refractivity contribution in [2.45, 2.75) is 13.3 Å². The average molecular weight is 207 g/mol. The van der Waals surface area contributed by atoms with Crippen LogP contribution in [0.5, 0.6) is 0 Å². The van der Waals surface area contributed by atoms with E-state index in [4.69, 9.17) is 0 Å². The lowest BCUT2D eigenvalue weighted by Gasteiger charge is -2.00. The molecule has 1 aromatic heterocycles. The van der Waals surface area contributed by atoms with Gasteiger partial charge in [0.15, 0.2) is 5.82 Å². The van der Waals surface area contributed by atoms with Gasteiger partial charge in [-0.1, -0.05) is 6.07 Å². The van der Waals surface area contributed by atoms with Crippen LogP contribution in [0.15, 0.2) is 24.4 Å². The van der Waals surface area contributed by atoms with Gasteiger partial charge in [0.05, 0.1) is 6.61 Å². The fraction of sp³-hybridized carbons (Fsp3) is 0.300. The van der Waals surface area contributed by atoms with Gasteiger partial charge in [0, 0.05) is 6.20 Å². The van der Waals surface area contributed by atoms with Crippen molar-refractivity contribution in [2.24, 2.45) is 0 Å². The van der Waals surface area contributed by atoms with Gasteiger partial charge in [0.2, 0.25) is 0 Å². The second kappa shape index (κ2) is 5.74. The molecule has 0 aliphatic carbocycles. The van der Waals surface area contributed by atoms with E-state index in [0.717, 1.165) is 0 Å². The monoisotopic (exact) mass is 207 g/mol. The van der Waals surface area contributed by atoms with E-state index in [9.17, 15) is 9.59 Å². The van der Waals surface area contributed by atoms with Gasteiger partial charge in [0.25, 0.3) is 5.91 Å². The normalized spacial score (nSPS) is 9.40. The van der Waals surface area contributed by atoms with E-state index in [0.29, 0.717) is 5.82 Å². The first kappa shape index (κ1) is 11.2. The quantitative estimate of drug-likeness (QED) is 0.540. The fourth-order valence-electron chi connectivity index (χ4n) is 0.923. The smallest absolute Gasteiger partial charge is 0.315 e. The molecule has 0 saturated heterocycles. The zero-order valence-electron chi connectivity index (χ0n) is 8.34. The Labute approximate surface area is 87.5 Å². The van der Waals surface area contributed by atoms with Crippen LogP contribution in [-0.4, -0.2) is 23.5 Å². The van der Waals surface area contributed by atoms with E-state index in [2.05, 4.69) is 15.0 Å². The summed E-state index contributed by atoms with van der Waals surface area (Å²) in [5, 5.41) is 3.63. The highest BCUT2D eigenvalue weighted by molar-refractivity contribution is 5.95. The number of carbonyl (C=O) groups excluding carboxylic acids is 2. The average Bonchev–Trinajstić information content (AvgIpc) is 2.19. The van der Waals surface area contributed by atoms with Crippen molar-refractivity contribution in [3.05, 3.63) is 24.4 Å². The summed E-state index contributed by atoms with van der Waals surface area (Å²) in [4.78, 5) is 25.9. The molecule has 15 heavy (non-hydrogen) atoms. The highest BCUT2D eigenvalue weighted by Crippen LogP contribution is 2.01. The van der Waals surface area contributed by atoms with Crippen LogP contribution in [0.3, 0.4) is 0 Å². The second-order valence-electron chi connectivity index (χ2n) is 2.68. The molecule has 0 spiro atoms. The highest BCUT2D eigenvalue weighted by atomic mass is 16.5. The first-order valence-corrected chi connectivity index (χ1v) is 4.53. The Balaban J connectivity index is 2.40. The maximum absolute atomic E-state index is 11.2. The van der Waals surface area contributed by atoms with Gasteiger partial charge in [-0.05, 0) is 19.1 Å². The lowest BCUT2D eigenvalue weighted by Crippen LogP contribution is -2.17. The van der Waals surface area contributed by atoms with E-state index in [1.54, 1.807) is 25.1 Å². The van der Waals surface area contributed by atoms with Gasteiger partial charge >= 0.3 is 5.97 Å². The summed E-state index contributed by atoms with van der Waals surface area (Å²) in [5.41, 5.74) is 0. The molecule has 0 saturated carbocycles. The van der Waals surface area contributed by atoms with E-state index in [-0.39, 0.29) is 13.0 Å². The first-order chi connectivity index (χ1) is 7.22. The molecule has 79 valence electrons. The van der Waals surface area contributed by atoms with E-state index in [1.165, 1.54) is 6.20 Å². The lowest BCUT2D eigenvalue weighted by atomic mass is 10.4. The van der Waals surface area contributed by atoms with Crippen molar-refractivity contribution in [3.8, 4) is 0 Å². The second-order valence-corrected chi connectivity index (χ2v) is 2.68. The minimum absolute atomic E-state index is 0.260. The van der Waals surface area contributed by atoms with Crippen molar-refractivity contribution in [1.82, 2.24) is 10.3 Å². The van der Waals surface area contributed by atoms with Crippen LogP contribution in [0.1, 0.15) is 13.3 Å². The van der Waals surface area contributed by atoms with Gasteiger partial charge in [-0.3, -0.25) is 9.59 Å². The van der Waals surface area contributed by atoms with Crippen LogP contribution in [0.2, 0.25) is 0 Å². The van der Waals surface area contributed by atoms with Crippen molar-refractivity contribution in [2.75, 3.05) is 6.61 Å². The third-order valence-corrected chi connectivity index (χ3v) is 1.49. The Kier molecular flexibility index (Phi) is 4.28. The highest BCUT2D eigenvalue weighted by Gasteiger charge is 2.12. The Hall–Kier alpha value is -1.91. The maximum atomic E-state index is 11.2. The molecule has 1 amide bonds. The Morgan fingerprint density at radius 2 is 2.27 bits per heavy atom. The predicted molar refractivity (Wildman–Crippen MR) is 52.3 cm³/mol. The van der Waals surface area contributed by atoms with Gasteiger partial charge in [-0.25, -0.2) is 4.98 Å². The number of amides is 1. The molecular formula is C10H11N2O3. The number of nitrogens with zero attached hydrogens (tertiary/aromatic N) is 2. The van der Waals surface area contributed by atoms with Crippen LogP contribution in [0, 0.1) is 0 Å². The van der Waals surface area contributed by atoms with Crippen LogP contribution in [0.4, 0.5) is 5.82 Å².